The van der Waals surface area contributed by atoms with E-state index in [4.69, 9.17) is 10.5 Å². The Kier molecular flexibility index (Phi) is 4.81. The molecular weight excluding hydrogens is 241 g/mol. The number of hydrogen-bond acceptors (Lipinski definition) is 2. The van der Waals surface area contributed by atoms with Crippen LogP contribution in [0.5, 0.6) is 5.75 Å². The van der Waals surface area contributed by atoms with Crippen LogP contribution in [-0.2, 0) is 0 Å². The van der Waals surface area contributed by atoms with E-state index in [1.807, 2.05) is 13.0 Å². The first-order valence-corrected chi connectivity index (χ1v) is 7.31. The molecule has 0 heterocycles. The second-order valence-corrected chi connectivity index (χ2v) is 5.65. The summed E-state index contributed by atoms with van der Waals surface area (Å²) >= 11 is 0. The highest BCUT2D eigenvalue weighted by atomic mass is 19.1. The van der Waals surface area contributed by atoms with Crippen molar-refractivity contribution in [2.75, 3.05) is 0 Å². The van der Waals surface area contributed by atoms with Crippen LogP contribution in [0.15, 0.2) is 18.2 Å². The van der Waals surface area contributed by atoms with Crippen LogP contribution in [0.25, 0.3) is 0 Å². The fraction of sp³-hybridized carbons (Fsp3) is 0.625. The van der Waals surface area contributed by atoms with Crippen LogP contribution in [0, 0.1) is 11.7 Å². The van der Waals surface area contributed by atoms with Gasteiger partial charge in [-0.05, 0) is 56.2 Å². The van der Waals surface area contributed by atoms with Crippen molar-refractivity contribution in [1.29, 1.82) is 0 Å². The lowest BCUT2D eigenvalue weighted by molar-refractivity contribution is 0.125. The Morgan fingerprint density at radius 2 is 2.00 bits per heavy atom. The van der Waals surface area contributed by atoms with Crippen LogP contribution in [0.2, 0.25) is 0 Å². The number of nitrogens with two attached hydrogens (primary N) is 1. The lowest BCUT2D eigenvalue weighted by Gasteiger charge is -2.28. The highest BCUT2D eigenvalue weighted by molar-refractivity contribution is 5.30. The highest BCUT2D eigenvalue weighted by Gasteiger charge is 2.22. The fourth-order valence-corrected chi connectivity index (χ4v) is 2.73. The summed E-state index contributed by atoms with van der Waals surface area (Å²) in [5.41, 5.74) is 6.55. The predicted molar refractivity (Wildman–Crippen MR) is 75.7 cm³/mol. The van der Waals surface area contributed by atoms with Gasteiger partial charge in [0.05, 0.1) is 6.10 Å². The van der Waals surface area contributed by atoms with Crippen molar-refractivity contribution in [3.05, 3.63) is 29.6 Å². The molecular formula is C16H24FNO. The van der Waals surface area contributed by atoms with Crippen LogP contribution in [0.1, 0.15) is 57.6 Å². The van der Waals surface area contributed by atoms with Gasteiger partial charge >= 0.3 is 0 Å². The summed E-state index contributed by atoms with van der Waals surface area (Å²) < 4.78 is 19.7. The SMILES string of the molecule is CCC1CCC(Oc2ccc([C@@H](C)N)cc2F)CC1. The van der Waals surface area contributed by atoms with Crippen LogP contribution >= 0.6 is 0 Å². The minimum absolute atomic E-state index is 0.149. The number of rotatable bonds is 4. The van der Waals surface area contributed by atoms with Crippen molar-refractivity contribution in [2.45, 2.75) is 58.1 Å². The molecule has 0 bridgehead atoms. The quantitative estimate of drug-likeness (QED) is 0.885. The van der Waals surface area contributed by atoms with Crippen molar-refractivity contribution in [2.24, 2.45) is 11.7 Å². The zero-order chi connectivity index (χ0) is 13.8. The molecule has 1 aromatic rings. The Labute approximate surface area is 115 Å². The first kappa shape index (κ1) is 14.3. The van der Waals surface area contributed by atoms with E-state index in [1.165, 1.54) is 25.3 Å². The van der Waals surface area contributed by atoms with Crippen LogP contribution in [0.4, 0.5) is 4.39 Å². The summed E-state index contributed by atoms with van der Waals surface area (Å²) in [4.78, 5) is 0. The molecule has 1 saturated carbocycles. The normalized spacial score (nSPS) is 25.1. The van der Waals surface area contributed by atoms with E-state index in [0.29, 0.717) is 5.75 Å². The first-order chi connectivity index (χ1) is 9.10. The number of halogens is 1. The van der Waals surface area contributed by atoms with Gasteiger partial charge in [0.2, 0.25) is 0 Å². The summed E-state index contributed by atoms with van der Waals surface area (Å²) in [7, 11) is 0. The molecule has 0 aromatic heterocycles. The van der Waals surface area contributed by atoms with Gasteiger partial charge in [0, 0.05) is 6.04 Å². The number of ether oxygens (including phenoxy) is 1. The minimum atomic E-state index is -0.299. The van der Waals surface area contributed by atoms with Crippen molar-refractivity contribution in [3.63, 3.8) is 0 Å². The van der Waals surface area contributed by atoms with Crippen LogP contribution < -0.4 is 10.5 Å². The van der Waals surface area contributed by atoms with Gasteiger partial charge in [-0.3, -0.25) is 0 Å². The van der Waals surface area contributed by atoms with E-state index >= 15 is 0 Å². The summed E-state index contributed by atoms with van der Waals surface area (Å²) in [5.74, 6) is 0.891. The lowest BCUT2D eigenvalue weighted by Crippen LogP contribution is -2.24. The molecule has 2 nitrogen and oxygen atoms in total. The Bertz CT molecular complexity index is 411. The molecule has 0 aliphatic heterocycles. The Morgan fingerprint density at radius 1 is 1.32 bits per heavy atom. The molecule has 19 heavy (non-hydrogen) atoms. The maximum Gasteiger partial charge on any atom is 0.165 e. The first-order valence-electron chi connectivity index (χ1n) is 7.31. The van der Waals surface area contributed by atoms with Crippen molar-refractivity contribution in [1.82, 2.24) is 0 Å². The zero-order valence-corrected chi connectivity index (χ0v) is 11.9. The van der Waals surface area contributed by atoms with Gasteiger partial charge in [0.1, 0.15) is 0 Å². The molecule has 1 aromatic carbocycles. The summed E-state index contributed by atoms with van der Waals surface area (Å²) in [6.45, 7) is 4.08. The predicted octanol–water partition coefficient (Wildman–Crippen LogP) is 4.19. The average Bonchev–Trinajstić information content (AvgIpc) is 2.41. The molecule has 1 aliphatic carbocycles. The van der Waals surface area contributed by atoms with Crippen molar-refractivity contribution < 1.29 is 9.13 Å². The smallest absolute Gasteiger partial charge is 0.165 e. The number of benzene rings is 1. The number of hydrogen-bond donors (Lipinski definition) is 1. The highest BCUT2D eigenvalue weighted by Crippen LogP contribution is 2.30. The minimum Gasteiger partial charge on any atom is -0.487 e. The molecule has 2 rings (SSSR count). The van der Waals surface area contributed by atoms with E-state index in [9.17, 15) is 4.39 Å². The molecule has 0 unspecified atom stereocenters. The van der Waals surface area contributed by atoms with Gasteiger partial charge in [-0.1, -0.05) is 19.4 Å². The summed E-state index contributed by atoms with van der Waals surface area (Å²) in [5, 5.41) is 0. The molecule has 0 saturated heterocycles. The monoisotopic (exact) mass is 265 g/mol. The van der Waals surface area contributed by atoms with Gasteiger partial charge < -0.3 is 10.5 Å². The molecule has 0 radical (unpaired) electrons. The molecule has 3 heteroatoms. The molecule has 1 atom stereocenters. The molecule has 2 N–H and O–H groups in total. The topological polar surface area (TPSA) is 35.2 Å². The van der Waals surface area contributed by atoms with Gasteiger partial charge in [0.25, 0.3) is 0 Å². The fourth-order valence-electron chi connectivity index (χ4n) is 2.73. The second-order valence-electron chi connectivity index (χ2n) is 5.65. The van der Waals surface area contributed by atoms with E-state index in [1.54, 1.807) is 6.07 Å². The van der Waals surface area contributed by atoms with Crippen molar-refractivity contribution in [3.8, 4) is 5.75 Å². The third-order valence-electron chi connectivity index (χ3n) is 4.15. The standard InChI is InChI=1S/C16H24FNO/c1-3-12-4-7-14(8-5-12)19-16-9-6-13(11(2)18)10-15(16)17/h6,9-12,14H,3-5,7-8,18H2,1-2H3/t11-,12?,14?/m1/s1. The van der Waals surface area contributed by atoms with Gasteiger partial charge in [-0.25, -0.2) is 4.39 Å². The van der Waals surface area contributed by atoms with E-state index in [-0.39, 0.29) is 18.0 Å². The molecule has 1 fully saturated rings. The molecule has 106 valence electrons. The second kappa shape index (κ2) is 6.38. The molecule has 1 aliphatic rings. The Morgan fingerprint density at radius 3 is 2.53 bits per heavy atom. The summed E-state index contributed by atoms with van der Waals surface area (Å²) in [6.07, 6.45) is 5.87. The van der Waals surface area contributed by atoms with Gasteiger partial charge in [0.15, 0.2) is 11.6 Å². The third kappa shape index (κ3) is 3.69. The lowest BCUT2D eigenvalue weighted by atomic mass is 9.86. The van der Waals surface area contributed by atoms with E-state index in [2.05, 4.69) is 6.92 Å². The van der Waals surface area contributed by atoms with E-state index < -0.39 is 0 Å². The van der Waals surface area contributed by atoms with Crippen molar-refractivity contribution >= 4 is 0 Å². The van der Waals surface area contributed by atoms with Gasteiger partial charge in [-0.15, -0.1) is 0 Å². The van der Waals surface area contributed by atoms with Crippen LogP contribution in [-0.4, -0.2) is 6.10 Å². The summed E-state index contributed by atoms with van der Waals surface area (Å²) in [6, 6.07) is 4.89. The largest absolute Gasteiger partial charge is 0.487 e. The zero-order valence-electron chi connectivity index (χ0n) is 11.9. The molecule has 0 spiro atoms. The average molecular weight is 265 g/mol. The Balaban J connectivity index is 1.96. The molecule has 0 amide bonds. The Hall–Kier alpha value is -1.09. The van der Waals surface area contributed by atoms with E-state index in [0.717, 1.165) is 24.3 Å². The third-order valence-corrected chi connectivity index (χ3v) is 4.15. The maximum absolute atomic E-state index is 13.9. The maximum atomic E-state index is 13.9. The van der Waals surface area contributed by atoms with Crippen LogP contribution in [0.3, 0.4) is 0 Å². The van der Waals surface area contributed by atoms with Gasteiger partial charge in [-0.2, -0.15) is 0 Å².